The van der Waals surface area contributed by atoms with Crippen molar-refractivity contribution in [3.8, 4) is 0 Å². The molecule has 0 radical (unpaired) electrons. The Labute approximate surface area is 116 Å². The van der Waals surface area contributed by atoms with Crippen molar-refractivity contribution in [3.63, 3.8) is 0 Å². The first-order chi connectivity index (χ1) is 8.52. The Hall–Kier alpha value is -0.900. The summed E-state index contributed by atoms with van der Waals surface area (Å²) in [5, 5.41) is 3.70. The molecule has 0 saturated heterocycles. The van der Waals surface area contributed by atoms with Crippen LogP contribution in [0.15, 0.2) is 24.3 Å². The molecule has 1 N–H and O–H groups in total. The van der Waals surface area contributed by atoms with Crippen molar-refractivity contribution >= 4 is 22.9 Å². The van der Waals surface area contributed by atoms with Crippen LogP contribution in [0.25, 0.3) is 0 Å². The molecule has 0 aliphatic carbocycles. The second-order valence-electron chi connectivity index (χ2n) is 4.29. The predicted octanol–water partition coefficient (Wildman–Crippen LogP) is 4.47. The van der Waals surface area contributed by atoms with E-state index in [0.29, 0.717) is 10.6 Å². The highest BCUT2D eigenvalue weighted by molar-refractivity contribution is 7.12. The van der Waals surface area contributed by atoms with Crippen LogP contribution in [-0.4, -0.2) is 7.05 Å². The highest BCUT2D eigenvalue weighted by atomic mass is 35.5. The number of hydrogen-bond acceptors (Lipinski definition) is 2. The van der Waals surface area contributed by atoms with Crippen molar-refractivity contribution in [2.24, 2.45) is 0 Å². The summed E-state index contributed by atoms with van der Waals surface area (Å²) in [6.07, 6.45) is 0. The lowest BCUT2D eigenvalue weighted by Gasteiger charge is -2.17. The first-order valence-corrected chi connectivity index (χ1v) is 6.91. The summed E-state index contributed by atoms with van der Waals surface area (Å²) >= 11 is 7.88. The quantitative estimate of drug-likeness (QED) is 0.876. The van der Waals surface area contributed by atoms with E-state index in [2.05, 4.69) is 24.4 Å². The summed E-state index contributed by atoms with van der Waals surface area (Å²) < 4.78 is 13.4. The molecule has 1 aromatic heterocycles. The fraction of sp³-hybridized carbons (Fsp3) is 0.286. The van der Waals surface area contributed by atoms with E-state index in [1.807, 2.05) is 13.1 Å². The largest absolute Gasteiger partial charge is 0.309 e. The monoisotopic (exact) mass is 283 g/mol. The van der Waals surface area contributed by atoms with E-state index in [4.69, 9.17) is 11.6 Å². The number of rotatable bonds is 3. The molecule has 2 aromatic rings. The number of thiophene rings is 1. The van der Waals surface area contributed by atoms with Gasteiger partial charge in [-0.05, 0) is 56.3 Å². The summed E-state index contributed by atoms with van der Waals surface area (Å²) in [6, 6.07) is 7.37. The molecule has 0 fully saturated rings. The molecule has 0 aliphatic heterocycles. The zero-order valence-corrected chi connectivity index (χ0v) is 12.1. The molecule has 0 aliphatic rings. The van der Waals surface area contributed by atoms with Crippen LogP contribution in [0.2, 0.25) is 5.02 Å². The summed E-state index contributed by atoms with van der Waals surface area (Å²) in [6.45, 7) is 3.82. The number of nitrogens with one attached hydrogen (secondary N) is 1. The number of benzene rings is 1. The van der Waals surface area contributed by atoms with Crippen molar-refractivity contribution in [2.45, 2.75) is 19.9 Å². The molecule has 1 atom stereocenters. The maximum Gasteiger partial charge on any atom is 0.127 e. The lowest BCUT2D eigenvalue weighted by Crippen LogP contribution is -2.17. The molecule has 1 unspecified atom stereocenters. The molecule has 2 rings (SSSR count). The summed E-state index contributed by atoms with van der Waals surface area (Å²) in [4.78, 5) is 2.43. The molecule has 0 spiro atoms. The lowest BCUT2D eigenvalue weighted by molar-refractivity contribution is 0.614. The minimum atomic E-state index is -0.263. The maximum atomic E-state index is 13.4. The van der Waals surface area contributed by atoms with Gasteiger partial charge in [0.05, 0.1) is 6.04 Å². The van der Waals surface area contributed by atoms with Crippen LogP contribution in [-0.2, 0) is 0 Å². The fourth-order valence-corrected chi connectivity index (χ4v) is 3.23. The van der Waals surface area contributed by atoms with E-state index in [0.717, 1.165) is 5.56 Å². The van der Waals surface area contributed by atoms with Gasteiger partial charge in [-0.25, -0.2) is 4.39 Å². The third-order valence-electron chi connectivity index (χ3n) is 2.92. The third-order valence-corrected chi connectivity index (χ3v) is 4.32. The fourth-order valence-electron chi connectivity index (χ4n) is 1.96. The first-order valence-electron chi connectivity index (χ1n) is 5.72. The van der Waals surface area contributed by atoms with Gasteiger partial charge in [0, 0.05) is 14.8 Å². The van der Waals surface area contributed by atoms with Crippen LogP contribution in [0.5, 0.6) is 0 Å². The smallest absolute Gasteiger partial charge is 0.127 e. The highest BCUT2D eigenvalue weighted by Crippen LogP contribution is 2.33. The Morgan fingerprint density at radius 3 is 2.56 bits per heavy atom. The number of aryl methyl sites for hydroxylation is 2. The van der Waals surface area contributed by atoms with Gasteiger partial charge in [-0.2, -0.15) is 0 Å². The van der Waals surface area contributed by atoms with Crippen LogP contribution in [0, 0.1) is 19.7 Å². The van der Waals surface area contributed by atoms with Crippen molar-refractivity contribution in [1.82, 2.24) is 5.32 Å². The molecule has 96 valence electrons. The van der Waals surface area contributed by atoms with Gasteiger partial charge < -0.3 is 5.32 Å². The van der Waals surface area contributed by atoms with Gasteiger partial charge in [-0.3, -0.25) is 0 Å². The molecular weight excluding hydrogens is 269 g/mol. The summed E-state index contributed by atoms with van der Waals surface area (Å²) in [7, 11) is 1.88. The Morgan fingerprint density at radius 1 is 1.28 bits per heavy atom. The van der Waals surface area contributed by atoms with Crippen molar-refractivity contribution in [2.75, 3.05) is 7.05 Å². The normalized spacial score (nSPS) is 12.7. The first kappa shape index (κ1) is 13.5. The minimum Gasteiger partial charge on any atom is -0.309 e. The lowest BCUT2D eigenvalue weighted by atomic mass is 10.0. The molecule has 1 nitrogen and oxygen atoms in total. The van der Waals surface area contributed by atoms with Crippen molar-refractivity contribution in [1.29, 1.82) is 0 Å². The maximum absolute atomic E-state index is 13.4. The third kappa shape index (κ3) is 2.58. The van der Waals surface area contributed by atoms with Gasteiger partial charge in [0.15, 0.2) is 0 Å². The second kappa shape index (κ2) is 5.39. The van der Waals surface area contributed by atoms with Gasteiger partial charge in [0.25, 0.3) is 0 Å². The SMILES string of the molecule is CNC(c1ccc(C)s1)c1cc(C)c(F)cc1Cl. The van der Waals surface area contributed by atoms with Crippen molar-refractivity contribution < 1.29 is 4.39 Å². The second-order valence-corrected chi connectivity index (χ2v) is 6.02. The van der Waals surface area contributed by atoms with Gasteiger partial charge in [0.2, 0.25) is 0 Å². The van der Waals surface area contributed by atoms with Crippen LogP contribution in [0.4, 0.5) is 4.39 Å². The van der Waals surface area contributed by atoms with E-state index < -0.39 is 0 Å². The van der Waals surface area contributed by atoms with E-state index in [1.165, 1.54) is 15.8 Å². The number of hydrogen-bond donors (Lipinski definition) is 1. The zero-order chi connectivity index (χ0) is 13.3. The van der Waals surface area contributed by atoms with Crippen molar-refractivity contribution in [3.05, 3.63) is 56.0 Å². The van der Waals surface area contributed by atoms with Gasteiger partial charge in [-0.1, -0.05) is 11.6 Å². The van der Waals surface area contributed by atoms with Gasteiger partial charge in [0.1, 0.15) is 5.82 Å². The Balaban J connectivity index is 2.48. The molecule has 18 heavy (non-hydrogen) atoms. The van der Waals surface area contributed by atoms with Gasteiger partial charge in [-0.15, -0.1) is 11.3 Å². The van der Waals surface area contributed by atoms with Crippen LogP contribution in [0.1, 0.15) is 26.9 Å². The molecular formula is C14H15ClFNS. The molecule has 4 heteroatoms. The van der Waals surface area contributed by atoms with Crippen LogP contribution in [0.3, 0.4) is 0 Å². The van der Waals surface area contributed by atoms with E-state index in [9.17, 15) is 4.39 Å². The molecule has 0 amide bonds. The average molecular weight is 284 g/mol. The van der Waals surface area contributed by atoms with E-state index in [1.54, 1.807) is 18.3 Å². The Kier molecular flexibility index (Phi) is 4.05. The number of halogens is 2. The molecule has 1 aromatic carbocycles. The van der Waals surface area contributed by atoms with E-state index in [-0.39, 0.29) is 11.9 Å². The van der Waals surface area contributed by atoms with Gasteiger partial charge >= 0.3 is 0 Å². The summed E-state index contributed by atoms with van der Waals surface area (Å²) in [5.74, 6) is -0.263. The predicted molar refractivity (Wildman–Crippen MR) is 76.1 cm³/mol. The minimum absolute atomic E-state index is 0.00972. The Bertz CT molecular complexity index is 565. The van der Waals surface area contributed by atoms with E-state index >= 15 is 0 Å². The molecule has 0 saturated carbocycles. The van der Waals surface area contributed by atoms with Crippen LogP contribution < -0.4 is 5.32 Å². The van der Waals surface area contributed by atoms with Crippen LogP contribution >= 0.6 is 22.9 Å². The standard InChI is InChI=1S/C14H15ClFNS/c1-8-6-10(11(15)7-12(8)16)14(17-3)13-5-4-9(2)18-13/h4-7,14,17H,1-3H3. The topological polar surface area (TPSA) is 12.0 Å². The highest BCUT2D eigenvalue weighted by Gasteiger charge is 2.18. The Morgan fingerprint density at radius 2 is 2.00 bits per heavy atom. The average Bonchev–Trinajstić information content (AvgIpc) is 2.73. The molecule has 0 bridgehead atoms. The summed E-state index contributed by atoms with van der Waals surface area (Å²) in [5.41, 5.74) is 1.53. The zero-order valence-electron chi connectivity index (χ0n) is 10.6. The molecule has 1 heterocycles.